The van der Waals surface area contributed by atoms with Crippen LogP contribution in [0.1, 0.15) is 59.6 Å². The number of rotatable bonds is 4. The van der Waals surface area contributed by atoms with Gasteiger partial charge in [0.05, 0.1) is 23.5 Å². The summed E-state index contributed by atoms with van der Waals surface area (Å²) in [7, 11) is 0. The molecule has 1 N–H and O–H groups in total. The minimum absolute atomic E-state index is 0.353. The van der Waals surface area contributed by atoms with E-state index in [4.69, 9.17) is 0 Å². The second kappa shape index (κ2) is 8.64. The number of nitrogens with zero attached hydrogens (tertiary/aromatic N) is 3. The van der Waals surface area contributed by atoms with E-state index in [0.29, 0.717) is 11.5 Å². The average molecular weight is 452 g/mol. The maximum Gasteiger partial charge on any atom is 0.335 e. The Morgan fingerprint density at radius 3 is 2.59 bits per heavy atom. The van der Waals surface area contributed by atoms with Crippen molar-refractivity contribution < 1.29 is 9.90 Å². The lowest BCUT2D eigenvalue weighted by molar-refractivity contribution is 0.0697. The van der Waals surface area contributed by atoms with Crippen molar-refractivity contribution in [2.75, 3.05) is 11.4 Å². The molecule has 1 aliphatic carbocycles. The van der Waals surface area contributed by atoms with Gasteiger partial charge in [-0.25, -0.2) is 4.79 Å². The molecule has 1 saturated carbocycles. The van der Waals surface area contributed by atoms with E-state index in [1.807, 2.05) is 24.4 Å². The van der Waals surface area contributed by atoms with Gasteiger partial charge in [-0.1, -0.05) is 49.6 Å². The first-order valence-electron chi connectivity index (χ1n) is 12.3. The van der Waals surface area contributed by atoms with E-state index in [0.717, 1.165) is 30.8 Å². The van der Waals surface area contributed by atoms with Crippen molar-refractivity contribution in [1.29, 1.82) is 0 Å². The van der Waals surface area contributed by atoms with Crippen LogP contribution in [0.4, 0.5) is 5.69 Å². The molecule has 5 nitrogen and oxygen atoms in total. The van der Waals surface area contributed by atoms with Crippen LogP contribution < -0.4 is 4.90 Å². The Hall–Kier alpha value is -3.60. The second-order valence-corrected chi connectivity index (χ2v) is 9.55. The van der Waals surface area contributed by atoms with Gasteiger partial charge in [-0.15, -0.1) is 0 Å². The minimum atomic E-state index is -0.873. The van der Waals surface area contributed by atoms with Crippen LogP contribution >= 0.6 is 0 Å². The van der Waals surface area contributed by atoms with E-state index >= 15 is 0 Å². The van der Waals surface area contributed by atoms with Gasteiger partial charge in [0.25, 0.3) is 0 Å². The SMILES string of the molecule is O=C(O)c1ccc2c(C3CCCCC3)c3n(c2c1)CCN(Cc1ccccn1)c1ccccc1-3. The van der Waals surface area contributed by atoms with Crippen LogP contribution in [0, 0.1) is 0 Å². The number of pyridine rings is 1. The van der Waals surface area contributed by atoms with Crippen molar-refractivity contribution in [1.82, 2.24) is 9.55 Å². The number of hydrogen-bond donors (Lipinski definition) is 1. The summed E-state index contributed by atoms with van der Waals surface area (Å²) in [6.45, 7) is 2.40. The molecule has 0 spiro atoms. The van der Waals surface area contributed by atoms with Gasteiger partial charge in [-0.05, 0) is 54.7 Å². The van der Waals surface area contributed by atoms with Crippen molar-refractivity contribution in [3.05, 3.63) is 83.7 Å². The highest BCUT2D eigenvalue weighted by molar-refractivity contribution is 5.99. The Bertz CT molecular complexity index is 1350. The molecular formula is C29H29N3O2. The number of aromatic carboxylic acids is 1. The molecule has 4 aromatic rings. The summed E-state index contributed by atoms with van der Waals surface area (Å²) < 4.78 is 2.39. The van der Waals surface area contributed by atoms with Crippen LogP contribution in [0.2, 0.25) is 0 Å². The molecule has 6 rings (SSSR count). The summed E-state index contributed by atoms with van der Waals surface area (Å²) in [4.78, 5) is 18.8. The normalized spacial score (nSPS) is 16.2. The zero-order valence-electron chi connectivity index (χ0n) is 19.3. The molecule has 0 amide bonds. The van der Waals surface area contributed by atoms with Crippen LogP contribution in [0.3, 0.4) is 0 Å². The standard InChI is InChI=1S/C29H29N3O2/c33-29(34)21-13-14-23-26(18-21)32-17-16-31(19-22-10-6-7-15-30-22)25-12-5-4-11-24(25)28(32)27(23)20-8-2-1-3-9-20/h4-7,10-15,18,20H,1-3,8-9,16-17,19H2,(H,33,34). The Morgan fingerprint density at radius 2 is 1.79 bits per heavy atom. The van der Waals surface area contributed by atoms with E-state index in [1.165, 1.54) is 60.0 Å². The maximum absolute atomic E-state index is 11.8. The highest BCUT2D eigenvalue weighted by Gasteiger charge is 2.30. The summed E-state index contributed by atoms with van der Waals surface area (Å²) in [6, 6.07) is 20.5. The van der Waals surface area contributed by atoms with Gasteiger partial charge in [0.1, 0.15) is 0 Å². The minimum Gasteiger partial charge on any atom is -0.478 e. The number of anilines is 1. The molecule has 172 valence electrons. The number of carboxylic acid groups (broad SMARTS) is 1. The number of carboxylic acids is 1. The van der Waals surface area contributed by atoms with Gasteiger partial charge in [0.15, 0.2) is 0 Å². The summed E-state index contributed by atoms with van der Waals surface area (Å²) in [5, 5.41) is 10.9. The van der Waals surface area contributed by atoms with Gasteiger partial charge in [0, 0.05) is 41.4 Å². The monoisotopic (exact) mass is 451 g/mol. The van der Waals surface area contributed by atoms with E-state index in [9.17, 15) is 9.90 Å². The van der Waals surface area contributed by atoms with E-state index < -0.39 is 5.97 Å². The lowest BCUT2D eigenvalue weighted by atomic mass is 9.81. The smallest absolute Gasteiger partial charge is 0.335 e. The quantitative estimate of drug-likeness (QED) is 0.386. The maximum atomic E-state index is 11.8. The first-order valence-corrected chi connectivity index (χ1v) is 12.3. The summed E-state index contributed by atoms with van der Waals surface area (Å²) >= 11 is 0. The van der Waals surface area contributed by atoms with Crippen LogP contribution in [-0.2, 0) is 13.1 Å². The third kappa shape index (κ3) is 3.56. The van der Waals surface area contributed by atoms with E-state index in [2.05, 4.69) is 50.8 Å². The average Bonchev–Trinajstić information content (AvgIpc) is 3.12. The molecule has 0 saturated heterocycles. The van der Waals surface area contributed by atoms with Crippen molar-refractivity contribution in [3.63, 3.8) is 0 Å². The number of benzene rings is 2. The fourth-order valence-corrected chi connectivity index (χ4v) is 5.98. The lowest BCUT2D eigenvalue weighted by Gasteiger charge is -2.26. The molecule has 2 aromatic carbocycles. The summed E-state index contributed by atoms with van der Waals surface area (Å²) in [5.74, 6) is -0.360. The fraction of sp³-hybridized carbons (Fsp3) is 0.310. The number of hydrogen-bond acceptors (Lipinski definition) is 3. The topological polar surface area (TPSA) is 58.4 Å². The van der Waals surface area contributed by atoms with Crippen LogP contribution in [0.15, 0.2) is 66.9 Å². The Kier molecular flexibility index (Phi) is 5.33. The predicted molar refractivity (Wildman–Crippen MR) is 135 cm³/mol. The number of carbonyl (C=O) groups is 1. The van der Waals surface area contributed by atoms with Gasteiger partial charge >= 0.3 is 5.97 Å². The molecule has 1 aliphatic heterocycles. The lowest BCUT2D eigenvalue weighted by Crippen LogP contribution is -2.26. The van der Waals surface area contributed by atoms with Crippen LogP contribution in [-0.4, -0.2) is 27.2 Å². The first-order chi connectivity index (χ1) is 16.7. The molecule has 0 atom stereocenters. The van der Waals surface area contributed by atoms with Gasteiger partial charge in [0.2, 0.25) is 0 Å². The molecule has 0 unspecified atom stereocenters. The molecule has 0 radical (unpaired) electrons. The van der Waals surface area contributed by atoms with Crippen molar-refractivity contribution >= 4 is 22.6 Å². The van der Waals surface area contributed by atoms with Crippen molar-refractivity contribution in [3.8, 4) is 11.3 Å². The van der Waals surface area contributed by atoms with Crippen LogP contribution in [0.25, 0.3) is 22.2 Å². The summed E-state index contributed by atoms with van der Waals surface area (Å²) in [5.41, 5.74) is 7.61. The van der Waals surface area contributed by atoms with Gasteiger partial charge in [-0.2, -0.15) is 0 Å². The van der Waals surface area contributed by atoms with E-state index in [1.54, 1.807) is 6.07 Å². The van der Waals surface area contributed by atoms with Crippen molar-refractivity contribution in [2.24, 2.45) is 0 Å². The molecule has 3 heterocycles. The number of aromatic nitrogens is 2. The molecule has 2 aliphatic rings. The second-order valence-electron chi connectivity index (χ2n) is 9.55. The van der Waals surface area contributed by atoms with Gasteiger partial charge in [-0.3, -0.25) is 4.98 Å². The van der Waals surface area contributed by atoms with Crippen LogP contribution in [0.5, 0.6) is 0 Å². The number of fused-ring (bicyclic) bond motifs is 5. The first kappa shape index (κ1) is 21.0. The highest BCUT2D eigenvalue weighted by Crippen LogP contribution is 2.47. The predicted octanol–water partition coefficient (Wildman–Crippen LogP) is 6.47. The largest absolute Gasteiger partial charge is 0.478 e. The number of para-hydroxylation sites is 1. The Labute approximate surface area is 199 Å². The van der Waals surface area contributed by atoms with Crippen molar-refractivity contribution in [2.45, 2.75) is 51.1 Å². The fourth-order valence-electron chi connectivity index (χ4n) is 5.98. The molecular weight excluding hydrogens is 422 g/mol. The molecule has 34 heavy (non-hydrogen) atoms. The third-order valence-electron chi connectivity index (χ3n) is 7.54. The molecule has 2 aromatic heterocycles. The highest BCUT2D eigenvalue weighted by atomic mass is 16.4. The zero-order chi connectivity index (χ0) is 23.1. The van der Waals surface area contributed by atoms with E-state index in [-0.39, 0.29) is 0 Å². The molecule has 5 heteroatoms. The zero-order valence-corrected chi connectivity index (χ0v) is 19.3. The Morgan fingerprint density at radius 1 is 0.971 bits per heavy atom. The third-order valence-corrected chi connectivity index (χ3v) is 7.54. The summed E-state index contributed by atoms with van der Waals surface area (Å²) in [6.07, 6.45) is 8.08. The molecule has 0 bridgehead atoms. The van der Waals surface area contributed by atoms with Gasteiger partial charge < -0.3 is 14.6 Å². The Balaban J connectivity index is 1.57. The molecule has 1 fully saturated rings.